The van der Waals surface area contributed by atoms with Crippen LogP contribution in [0.25, 0.3) is 33.5 Å². The number of fused-ring (bicyclic) bond motifs is 5. The highest BCUT2D eigenvalue weighted by Crippen LogP contribution is 2.68. The molecule has 0 aliphatic carbocycles. The summed E-state index contributed by atoms with van der Waals surface area (Å²) < 4.78 is 122. The van der Waals surface area contributed by atoms with Crippen LogP contribution in [0.1, 0.15) is 18.7 Å². The summed E-state index contributed by atoms with van der Waals surface area (Å²) in [5, 5.41) is 33.1. The van der Waals surface area contributed by atoms with Crippen molar-refractivity contribution in [2.45, 2.75) is 73.1 Å². The van der Waals surface area contributed by atoms with Crippen molar-refractivity contribution in [3.05, 3.63) is 46.0 Å². The predicted octanol–water partition coefficient (Wildman–Crippen LogP) is -4.29. The number of phosphoric acid groups is 4. The second kappa shape index (κ2) is 21.3. The van der Waals surface area contributed by atoms with Gasteiger partial charge in [0, 0.05) is 7.11 Å². The molecule has 0 spiro atoms. The number of aromatic amines is 2. The highest BCUT2D eigenvalue weighted by molar-refractivity contribution is 7.66. The molecule has 4 fully saturated rings. The number of ether oxygens (including phenoxy) is 6. The Morgan fingerprint density at radius 3 is 2.14 bits per heavy atom. The lowest BCUT2D eigenvalue weighted by molar-refractivity contribution is -0.746. The zero-order valence-electron chi connectivity index (χ0n) is 40.4. The molecule has 2 bridgehead atoms. The second-order valence-electron chi connectivity index (χ2n) is 17.8. The zero-order valence-corrected chi connectivity index (χ0v) is 44.0. The Labute approximate surface area is 438 Å². The molecule has 40 nitrogen and oxygen atoms in total. The Balaban J connectivity index is 0.814. The molecular formula is C35H48N15O25P4+. The number of anilines is 3. The molecule has 15 N–H and O–H groups in total. The van der Waals surface area contributed by atoms with E-state index >= 15 is 0 Å². The molecule has 0 saturated carbocycles. The number of nitrogens with one attached hydrogen (secondary N) is 2. The average molecular weight is 1200 g/mol. The first-order chi connectivity index (χ1) is 37.2. The standard InChI is InChI=1S/C35H47N15O25P4/c1-47-12-50(27-17(47)29(55)46-34(38)44-27)31-21(65-4-3-64-2)19(52)14(71-31)6-68-77(58,59)74-79(62,63)75-78(60,61)69-8-35-7-66-22(32(72-35)48-10-41-15-24(36)39-9-40-25(15)48)23(35)73-76(56,57)67-5-13-18(51)20(53)30(70-13)49-11-42-16-26(49)43-33(37)45-28(16)54/h9-14,18-23,30-32,51-53H,3-8H2,1-2H3,(H11-,36,37,38,39,40,43,44,45,46,54,55,56,57,58,59,60,61,62,63)/p+1/t13-,14-,18?,19?,20+,21+,22+,23?,30-,31-,32-,35-/m1/s1. The molecule has 7 unspecified atom stereocenters. The number of aryl methyl sites for hydroxylation is 1. The summed E-state index contributed by atoms with van der Waals surface area (Å²) in [7, 11) is -20.6. The summed E-state index contributed by atoms with van der Waals surface area (Å²) in [4.78, 5) is 96.8. The normalized spacial score (nSPS) is 31.0. The van der Waals surface area contributed by atoms with Gasteiger partial charge in [0.05, 0.1) is 59.3 Å². The van der Waals surface area contributed by atoms with E-state index in [0.29, 0.717) is 0 Å². The lowest BCUT2D eigenvalue weighted by Gasteiger charge is -2.32. The number of nitrogen functional groups attached to an aromatic ring is 3. The van der Waals surface area contributed by atoms with Crippen molar-refractivity contribution in [3.63, 3.8) is 0 Å². The highest BCUT2D eigenvalue weighted by Gasteiger charge is 2.66. The van der Waals surface area contributed by atoms with Crippen molar-refractivity contribution in [1.82, 2.24) is 53.6 Å². The van der Waals surface area contributed by atoms with Gasteiger partial charge in [0.1, 0.15) is 66.3 Å². The number of aliphatic hydroxyl groups excluding tert-OH is 3. The van der Waals surface area contributed by atoms with Crippen LogP contribution >= 0.6 is 31.3 Å². The SMILES string of the molecule is COCCO[C@H]1C(O)[C@@H](COP(=O)(O)OP(=O)(O)OP(=O)(O)OC[C@]23CO[C@@H](C2OP(=O)(O)OC[C@H]2O[C@@H](n4cnc5c(=O)[nH]c(N)nc54)[C@@H](O)C2O)[C@H](n2cnc4c(N)ncnc42)O3)O[C@H]1[n+]1cn(C)c2c(=O)[nH]c(N)nc21. The largest absolute Gasteiger partial charge is 0.490 e. The monoisotopic (exact) mass is 1200 g/mol. The van der Waals surface area contributed by atoms with E-state index in [1.807, 2.05) is 0 Å². The predicted molar refractivity (Wildman–Crippen MR) is 252 cm³/mol. The third-order valence-electron chi connectivity index (χ3n) is 12.6. The van der Waals surface area contributed by atoms with Crippen molar-refractivity contribution in [1.29, 1.82) is 0 Å². The fraction of sp³-hybridized carbons (Fsp3) is 0.571. The molecule has 4 aliphatic heterocycles. The molecule has 10 rings (SSSR count). The molecule has 432 valence electrons. The lowest BCUT2D eigenvalue weighted by atomic mass is 10.0. The first-order valence-corrected chi connectivity index (χ1v) is 28.7. The van der Waals surface area contributed by atoms with Gasteiger partial charge in [-0.3, -0.25) is 51.4 Å². The molecule has 0 amide bonds. The molecule has 44 heteroatoms. The summed E-state index contributed by atoms with van der Waals surface area (Å²) in [5.41, 5.74) is 13.5. The van der Waals surface area contributed by atoms with Crippen LogP contribution in [0.3, 0.4) is 0 Å². The number of methoxy groups -OCH3 is 1. The van der Waals surface area contributed by atoms with Gasteiger partial charge in [-0.15, -0.1) is 0 Å². The van der Waals surface area contributed by atoms with Gasteiger partial charge < -0.3 is 80.5 Å². The third-order valence-corrected chi connectivity index (χ3v) is 17.8. The molecule has 10 heterocycles. The van der Waals surface area contributed by atoms with E-state index < -0.39 is 142 Å². The Morgan fingerprint density at radius 1 is 0.772 bits per heavy atom. The van der Waals surface area contributed by atoms with E-state index in [9.17, 15) is 62.7 Å². The number of H-pyrrole nitrogens is 2. The molecular weight excluding hydrogens is 1150 g/mol. The van der Waals surface area contributed by atoms with Gasteiger partial charge in [-0.25, -0.2) is 42.8 Å². The minimum atomic E-state index is -6.22. The molecule has 6 aromatic heterocycles. The summed E-state index contributed by atoms with van der Waals surface area (Å²) in [5.74, 6) is -0.663. The van der Waals surface area contributed by atoms with Gasteiger partial charge in [0.25, 0.3) is 17.1 Å². The van der Waals surface area contributed by atoms with E-state index in [-0.39, 0.29) is 64.4 Å². The van der Waals surface area contributed by atoms with Crippen LogP contribution in [0.5, 0.6) is 0 Å². The third kappa shape index (κ3) is 11.2. The lowest BCUT2D eigenvalue weighted by Crippen LogP contribution is -2.47. The number of nitrogens with two attached hydrogens (primary N) is 3. The van der Waals surface area contributed by atoms with Gasteiger partial charge in [-0.2, -0.15) is 13.6 Å². The Morgan fingerprint density at radius 2 is 1.42 bits per heavy atom. The van der Waals surface area contributed by atoms with Crippen molar-refractivity contribution in [3.8, 4) is 0 Å². The molecule has 6 aromatic rings. The van der Waals surface area contributed by atoms with E-state index in [1.54, 1.807) is 0 Å². The Kier molecular flexibility index (Phi) is 15.4. The first kappa shape index (κ1) is 57.1. The van der Waals surface area contributed by atoms with Crippen LogP contribution in [0.2, 0.25) is 0 Å². The molecule has 79 heavy (non-hydrogen) atoms. The number of rotatable bonds is 22. The van der Waals surface area contributed by atoms with E-state index in [4.69, 9.17) is 63.7 Å². The van der Waals surface area contributed by atoms with Gasteiger partial charge in [-0.05, 0) is 0 Å². The van der Waals surface area contributed by atoms with Crippen LogP contribution in [-0.2, 0) is 80.4 Å². The maximum absolute atomic E-state index is 13.8. The summed E-state index contributed by atoms with van der Waals surface area (Å²) in [6.07, 6.45) is -12.7. The molecule has 4 aliphatic rings. The van der Waals surface area contributed by atoms with E-state index in [1.165, 1.54) is 34.2 Å². The molecule has 0 aromatic carbocycles. The van der Waals surface area contributed by atoms with Gasteiger partial charge >= 0.3 is 36.9 Å². The van der Waals surface area contributed by atoms with Gasteiger partial charge in [0.2, 0.25) is 17.7 Å². The number of hydrogen-bond donors (Lipinski definition) is 12. The van der Waals surface area contributed by atoms with Crippen molar-refractivity contribution >= 4 is 82.5 Å². The summed E-state index contributed by atoms with van der Waals surface area (Å²) in [6, 6.07) is 0. The number of imidazole rings is 3. The fourth-order valence-corrected chi connectivity index (χ4v) is 13.7. The number of aromatic nitrogens is 12. The highest BCUT2D eigenvalue weighted by atomic mass is 31.3. The van der Waals surface area contributed by atoms with Crippen LogP contribution in [0.4, 0.5) is 17.7 Å². The second-order valence-corrected chi connectivity index (χ2v) is 23.9. The van der Waals surface area contributed by atoms with Crippen LogP contribution < -0.4 is 32.9 Å². The maximum Gasteiger partial charge on any atom is 0.490 e. The van der Waals surface area contributed by atoms with Crippen LogP contribution in [-0.4, -0.2) is 190 Å². The number of aliphatic hydroxyl groups is 3. The number of nitrogens with zero attached hydrogens (tertiary/aromatic N) is 10. The molecule has 4 saturated heterocycles. The maximum atomic E-state index is 13.8. The smallest absolute Gasteiger partial charge is 0.387 e. The van der Waals surface area contributed by atoms with E-state index in [0.717, 1.165) is 23.5 Å². The quantitative estimate of drug-likeness (QED) is 0.0174. The molecule has 16 atom stereocenters. The van der Waals surface area contributed by atoms with E-state index in [2.05, 4.69) is 48.5 Å². The summed E-state index contributed by atoms with van der Waals surface area (Å²) in [6.45, 7) is -4.09. The number of phosphoric ester groups is 3. The topological polar surface area (TPSA) is 560 Å². The van der Waals surface area contributed by atoms with Crippen LogP contribution in [0, 0.1) is 0 Å². The zero-order chi connectivity index (χ0) is 56.7. The van der Waals surface area contributed by atoms with Gasteiger partial charge in [0.15, 0.2) is 41.4 Å². The molecule has 0 radical (unpaired) electrons. The minimum Gasteiger partial charge on any atom is -0.387 e. The number of hydrogen-bond acceptors (Lipinski definition) is 30. The van der Waals surface area contributed by atoms with Crippen LogP contribution in [0.15, 0.2) is 34.9 Å². The Bertz CT molecular complexity index is 3620. The van der Waals surface area contributed by atoms with Gasteiger partial charge in [-0.1, -0.05) is 4.98 Å². The summed E-state index contributed by atoms with van der Waals surface area (Å²) >= 11 is 0. The Hall–Kier alpha value is -5.19. The fourth-order valence-electron chi connectivity index (χ4n) is 9.16. The first-order valence-electron chi connectivity index (χ1n) is 22.7. The van der Waals surface area contributed by atoms with Crippen molar-refractivity contribution in [2.75, 3.05) is 64.0 Å². The van der Waals surface area contributed by atoms with Crippen molar-refractivity contribution < 1.29 is 113 Å². The average Bonchev–Trinajstić information content (AvgIpc) is 4.40. The van der Waals surface area contributed by atoms with Crippen molar-refractivity contribution in [2.24, 2.45) is 7.05 Å². The minimum absolute atomic E-state index is 0.0258.